The number of para-hydroxylation sites is 2. The first-order valence-electron chi connectivity index (χ1n) is 11.5. The number of carbonyl (C=O) groups is 2. The van der Waals surface area contributed by atoms with Gasteiger partial charge < -0.3 is 20.1 Å². The molecule has 1 heterocycles. The van der Waals surface area contributed by atoms with Crippen LogP contribution in [0.25, 0.3) is 0 Å². The largest absolute Gasteiger partial charge is 0.493 e. The van der Waals surface area contributed by atoms with Crippen LogP contribution in [0.4, 0.5) is 0 Å². The number of hydrogen-bond donors (Lipinski definition) is 2. The fourth-order valence-corrected chi connectivity index (χ4v) is 4.80. The highest BCUT2D eigenvalue weighted by molar-refractivity contribution is 7.09. The zero-order valence-corrected chi connectivity index (χ0v) is 20.0. The molecule has 2 N–H and O–H groups in total. The Kier molecular flexibility index (Phi) is 8.14. The Balaban J connectivity index is 1.32. The van der Waals surface area contributed by atoms with Crippen LogP contribution < -0.4 is 20.1 Å². The highest BCUT2D eigenvalue weighted by Crippen LogP contribution is 2.27. The molecule has 0 unspecified atom stereocenters. The van der Waals surface area contributed by atoms with Crippen LogP contribution in [0.3, 0.4) is 0 Å². The van der Waals surface area contributed by atoms with Crippen LogP contribution >= 0.6 is 11.3 Å². The summed E-state index contributed by atoms with van der Waals surface area (Å²) in [7, 11) is 1.59. The first-order chi connectivity index (χ1) is 16.6. The van der Waals surface area contributed by atoms with E-state index >= 15 is 0 Å². The van der Waals surface area contributed by atoms with Crippen LogP contribution in [-0.4, -0.2) is 36.0 Å². The lowest BCUT2D eigenvalue weighted by Gasteiger charge is -2.32. The molecule has 1 aliphatic rings. The van der Waals surface area contributed by atoms with E-state index in [2.05, 4.69) is 15.6 Å². The van der Waals surface area contributed by atoms with Crippen molar-refractivity contribution < 1.29 is 19.1 Å². The summed E-state index contributed by atoms with van der Waals surface area (Å²) in [4.78, 5) is 29.9. The highest BCUT2D eigenvalue weighted by atomic mass is 32.1. The van der Waals surface area contributed by atoms with Crippen LogP contribution in [-0.2, 0) is 17.8 Å². The summed E-state index contributed by atoms with van der Waals surface area (Å²) in [6.45, 7) is 0.250. The average Bonchev–Trinajstić information content (AvgIpc) is 3.34. The van der Waals surface area contributed by atoms with Crippen LogP contribution in [0.15, 0.2) is 60.0 Å². The Labute approximate surface area is 203 Å². The standard InChI is InChI=1S/C26H29N3O4S/c1-32-22-13-7-8-14-23(22)33-16-25-28-21(17-34-25)26(31)29-20-12-6-5-11-19(20)27-24(30)15-18-9-3-2-4-10-18/h2-4,7-10,13-14,17,19-20H,5-6,11-12,15-16H2,1H3,(H,27,30)(H,29,31)/t19-,20+/m0/s1. The van der Waals surface area contributed by atoms with Gasteiger partial charge in [0.2, 0.25) is 5.91 Å². The smallest absolute Gasteiger partial charge is 0.271 e. The third kappa shape index (κ3) is 6.35. The molecule has 34 heavy (non-hydrogen) atoms. The summed E-state index contributed by atoms with van der Waals surface area (Å²) >= 11 is 1.38. The first-order valence-corrected chi connectivity index (χ1v) is 12.3. The van der Waals surface area contributed by atoms with Gasteiger partial charge in [-0.15, -0.1) is 11.3 Å². The summed E-state index contributed by atoms with van der Waals surface area (Å²) in [6.07, 6.45) is 4.06. The molecule has 0 bridgehead atoms. The van der Waals surface area contributed by atoms with Crippen LogP contribution in [0, 0.1) is 0 Å². The van der Waals surface area contributed by atoms with E-state index in [4.69, 9.17) is 9.47 Å². The molecule has 2 amide bonds. The number of benzene rings is 2. The summed E-state index contributed by atoms with van der Waals surface area (Å²) in [6, 6.07) is 16.9. The van der Waals surface area contributed by atoms with Crippen molar-refractivity contribution in [3.8, 4) is 11.5 Å². The normalized spacial score (nSPS) is 17.6. The molecule has 7 nitrogen and oxygen atoms in total. The van der Waals surface area contributed by atoms with E-state index < -0.39 is 0 Å². The van der Waals surface area contributed by atoms with E-state index in [1.807, 2.05) is 54.6 Å². The van der Waals surface area contributed by atoms with Gasteiger partial charge in [0.05, 0.1) is 13.5 Å². The van der Waals surface area contributed by atoms with Crippen molar-refractivity contribution in [3.63, 3.8) is 0 Å². The number of methoxy groups -OCH3 is 1. The van der Waals surface area contributed by atoms with Crippen molar-refractivity contribution in [2.75, 3.05) is 7.11 Å². The fraction of sp³-hybridized carbons (Fsp3) is 0.346. The lowest BCUT2D eigenvalue weighted by atomic mass is 9.90. The highest BCUT2D eigenvalue weighted by Gasteiger charge is 2.28. The van der Waals surface area contributed by atoms with Gasteiger partial charge >= 0.3 is 0 Å². The van der Waals surface area contributed by atoms with E-state index in [0.29, 0.717) is 28.6 Å². The van der Waals surface area contributed by atoms with Gasteiger partial charge in [0.1, 0.15) is 17.3 Å². The van der Waals surface area contributed by atoms with Gasteiger partial charge in [-0.3, -0.25) is 9.59 Å². The van der Waals surface area contributed by atoms with Crippen molar-refractivity contribution in [2.24, 2.45) is 0 Å². The Bertz CT molecular complexity index is 1100. The molecule has 0 radical (unpaired) electrons. The van der Waals surface area contributed by atoms with Crippen molar-refractivity contribution >= 4 is 23.2 Å². The number of nitrogens with one attached hydrogen (secondary N) is 2. The maximum atomic E-state index is 12.9. The molecule has 2 aromatic carbocycles. The number of thiazole rings is 1. The fourth-order valence-electron chi connectivity index (χ4n) is 4.12. The maximum absolute atomic E-state index is 12.9. The Morgan fingerprint density at radius 2 is 1.65 bits per heavy atom. The number of rotatable bonds is 9. The Morgan fingerprint density at radius 3 is 2.38 bits per heavy atom. The number of hydrogen-bond acceptors (Lipinski definition) is 6. The molecule has 0 saturated heterocycles. The average molecular weight is 480 g/mol. The molecule has 1 aromatic heterocycles. The Hall–Kier alpha value is -3.39. The number of aromatic nitrogens is 1. The second kappa shape index (κ2) is 11.7. The van der Waals surface area contributed by atoms with Crippen molar-refractivity contribution in [1.82, 2.24) is 15.6 Å². The molecular formula is C26H29N3O4S. The topological polar surface area (TPSA) is 89.6 Å². The van der Waals surface area contributed by atoms with E-state index in [1.54, 1.807) is 12.5 Å². The monoisotopic (exact) mass is 479 g/mol. The van der Waals surface area contributed by atoms with E-state index in [-0.39, 0.29) is 30.5 Å². The molecule has 1 saturated carbocycles. The van der Waals surface area contributed by atoms with Crippen molar-refractivity contribution in [3.05, 3.63) is 76.2 Å². The molecule has 2 atom stereocenters. The third-order valence-electron chi connectivity index (χ3n) is 5.84. The molecule has 178 valence electrons. The summed E-state index contributed by atoms with van der Waals surface area (Å²) in [5.41, 5.74) is 1.34. The van der Waals surface area contributed by atoms with Gasteiger partial charge in [0.15, 0.2) is 11.5 Å². The van der Waals surface area contributed by atoms with E-state index in [9.17, 15) is 9.59 Å². The van der Waals surface area contributed by atoms with Gasteiger partial charge in [-0.1, -0.05) is 55.3 Å². The first kappa shape index (κ1) is 23.8. The van der Waals surface area contributed by atoms with Gasteiger partial charge in [-0.05, 0) is 30.5 Å². The molecule has 8 heteroatoms. The van der Waals surface area contributed by atoms with E-state index in [0.717, 1.165) is 31.2 Å². The second-order valence-electron chi connectivity index (χ2n) is 8.27. The summed E-state index contributed by atoms with van der Waals surface area (Å²) in [5.74, 6) is 1.02. The van der Waals surface area contributed by atoms with Crippen LogP contribution in [0.2, 0.25) is 0 Å². The lowest BCUT2D eigenvalue weighted by molar-refractivity contribution is -0.121. The Morgan fingerprint density at radius 1 is 0.971 bits per heavy atom. The molecule has 0 spiro atoms. The number of carbonyl (C=O) groups excluding carboxylic acids is 2. The SMILES string of the molecule is COc1ccccc1OCc1nc(C(=O)N[C@@H]2CCCC[C@@H]2NC(=O)Cc2ccccc2)cs1. The quantitative estimate of drug-likeness (QED) is 0.482. The minimum Gasteiger partial charge on any atom is -0.493 e. The van der Waals surface area contributed by atoms with Crippen LogP contribution in [0.1, 0.15) is 46.7 Å². The molecule has 0 aliphatic heterocycles. The minimum absolute atomic E-state index is 0.0261. The van der Waals surface area contributed by atoms with Crippen LogP contribution in [0.5, 0.6) is 11.5 Å². The predicted molar refractivity (Wildman–Crippen MR) is 131 cm³/mol. The van der Waals surface area contributed by atoms with Gasteiger partial charge in [-0.25, -0.2) is 4.98 Å². The zero-order chi connectivity index (χ0) is 23.8. The summed E-state index contributed by atoms with van der Waals surface area (Å²) in [5, 5.41) is 8.65. The van der Waals surface area contributed by atoms with Crippen molar-refractivity contribution in [2.45, 2.75) is 50.8 Å². The van der Waals surface area contributed by atoms with Gasteiger partial charge in [0, 0.05) is 17.5 Å². The molecule has 1 fully saturated rings. The predicted octanol–water partition coefficient (Wildman–Crippen LogP) is 4.13. The third-order valence-corrected chi connectivity index (χ3v) is 6.66. The summed E-state index contributed by atoms with van der Waals surface area (Å²) < 4.78 is 11.1. The second-order valence-corrected chi connectivity index (χ2v) is 9.21. The number of nitrogens with zero attached hydrogens (tertiary/aromatic N) is 1. The molecule has 3 aromatic rings. The molecule has 1 aliphatic carbocycles. The molecule has 4 rings (SSSR count). The van der Waals surface area contributed by atoms with Gasteiger partial charge in [0.25, 0.3) is 5.91 Å². The molecular weight excluding hydrogens is 450 g/mol. The number of amides is 2. The lowest BCUT2D eigenvalue weighted by Crippen LogP contribution is -2.53. The maximum Gasteiger partial charge on any atom is 0.271 e. The van der Waals surface area contributed by atoms with Crippen molar-refractivity contribution in [1.29, 1.82) is 0 Å². The van der Waals surface area contributed by atoms with E-state index in [1.165, 1.54) is 11.3 Å². The zero-order valence-electron chi connectivity index (χ0n) is 19.2. The number of ether oxygens (including phenoxy) is 2. The van der Waals surface area contributed by atoms with Gasteiger partial charge in [-0.2, -0.15) is 0 Å². The minimum atomic E-state index is -0.228.